The molecule has 0 atom stereocenters. The van der Waals surface area contributed by atoms with Crippen LogP contribution in [0.5, 0.6) is 0 Å². The Labute approximate surface area is 763 Å². The van der Waals surface area contributed by atoms with Gasteiger partial charge in [-0.1, -0.05) is 329 Å². The molecule has 0 heterocycles. The fraction of sp³-hybridized carbons (Fsp3) is 0.653. The number of benzene rings is 4. The number of carbonyl (C=O) groups is 11. The summed E-state index contributed by atoms with van der Waals surface area (Å²) >= 11 is 0. The Bertz CT molecular complexity index is 3640. The molecule has 0 aliphatic rings. The van der Waals surface area contributed by atoms with Crippen LogP contribution in [-0.2, 0) is 83.2 Å². The highest BCUT2D eigenvalue weighted by Crippen LogP contribution is 2.19. The molecule has 4 rings (SSSR count). The highest BCUT2D eigenvalue weighted by atomic mass is 16.5. The first-order chi connectivity index (χ1) is 61.8. The van der Waals surface area contributed by atoms with Gasteiger partial charge in [-0.2, -0.15) is 0 Å². The van der Waals surface area contributed by atoms with Crippen LogP contribution in [0.4, 0.5) is 0 Å². The van der Waals surface area contributed by atoms with E-state index >= 15 is 33.6 Å². The van der Waals surface area contributed by atoms with Gasteiger partial charge in [-0.25, -0.2) is 0 Å². The summed E-state index contributed by atoms with van der Waals surface area (Å²) in [5, 5.41) is 3.03. The molecule has 0 radical (unpaired) electrons. The number of ether oxygens (including phenoxy) is 1. The van der Waals surface area contributed by atoms with Crippen molar-refractivity contribution in [2.24, 2.45) is 17.2 Å². The summed E-state index contributed by atoms with van der Waals surface area (Å²) in [6.07, 6.45) is 33.5. The molecule has 4 aromatic carbocycles. The molecule has 0 aliphatic carbocycles. The van der Waals surface area contributed by atoms with Crippen LogP contribution in [0, 0.1) is 0 Å². The average Bonchev–Trinajstić information content (AvgIpc) is 0.848. The minimum absolute atomic E-state index is 0.0228. The number of amides is 11. The fourth-order valence-corrected chi connectivity index (χ4v) is 15.7. The van der Waals surface area contributed by atoms with Crippen molar-refractivity contribution in [3.05, 3.63) is 144 Å². The van der Waals surface area contributed by atoms with E-state index in [0.717, 1.165) is 183 Å². The lowest BCUT2D eigenvalue weighted by Crippen LogP contribution is -2.54. The van der Waals surface area contributed by atoms with E-state index in [4.69, 9.17) is 21.9 Å². The number of rotatable bonds is 77. The normalized spacial score (nSPS) is 11.1. The summed E-state index contributed by atoms with van der Waals surface area (Å²) in [7, 11) is 1.55. The van der Waals surface area contributed by atoms with E-state index in [-0.39, 0.29) is 123 Å². The van der Waals surface area contributed by atoms with Crippen molar-refractivity contribution in [3.8, 4) is 0 Å². The second-order valence-corrected chi connectivity index (χ2v) is 34.2. The predicted molar refractivity (Wildman–Crippen MR) is 509 cm³/mol. The van der Waals surface area contributed by atoms with Crippen molar-refractivity contribution in [1.29, 1.82) is 0 Å². The van der Waals surface area contributed by atoms with Gasteiger partial charge >= 0.3 is 0 Å². The van der Waals surface area contributed by atoms with Crippen molar-refractivity contribution >= 4 is 65.0 Å². The summed E-state index contributed by atoms with van der Waals surface area (Å²) < 4.78 is 5.14. The van der Waals surface area contributed by atoms with E-state index in [0.29, 0.717) is 71.1 Å². The van der Waals surface area contributed by atoms with E-state index in [1.54, 1.807) is 16.9 Å². The smallest absolute Gasteiger partial charge is 0.242 e. The van der Waals surface area contributed by atoms with Gasteiger partial charge in [0.15, 0.2) is 0 Å². The Morgan fingerprint density at radius 2 is 0.441 bits per heavy atom. The molecule has 0 fully saturated rings. The van der Waals surface area contributed by atoms with Gasteiger partial charge in [0, 0.05) is 92.2 Å². The quantitative estimate of drug-likeness (QED) is 0.0299. The van der Waals surface area contributed by atoms with Gasteiger partial charge in [0.25, 0.3) is 0 Å². The van der Waals surface area contributed by atoms with Gasteiger partial charge in [-0.05, 0) is 73.6 Å². The highest BCUT2D eigenvalue weighted by molar-refractivity contribution is 5.95. The zero-order valence-corrected chi connectivity index (χ0v) is 78.8. The molecule has 0 spiro atoms. The lowest BCUT2D eigenvalue weighted by molar-refractivity contribution is -0.149. The maximum atomic E-state index is 15.7. The van der Waals surface area contributed by atoms with Gasteiger partial charge in [0.2, 0.25) is 65.0 Å². The molecule has 0 bridgehead atoms. The number of unbranched alkanes of at least 4 members (excludes halogenated alkanes) is 28. The first-order valence-electron chi connectivity index (χ1n) is 48.6. The van der Waals surface area contributed by atoms with Crippen LogP contribution in [0.1, 0.15) is 255 Å². The zero-order chi connectivity index (χ0) is 92.1. The molecule has 0 saturated heterocycles. The van der Waals surface area contributed by atoms with Crippen LogP contribution in [0.15, 0.2) is 121 Å². The van der Waals surface area contributed by atoms with Crippen molar-refractivity contribution < 1.29 is 57.5 Å². The van der Waals surface area contributed by atoms with Gasteiger partial charge < -0.3 is 76.3 Å². The number of nitrogens with zero attached hydrogens (tertiary/aromatic N) is 10. The largest absolute Gasteiger partial charge is 0.383 e. The van der Waals surface area contributed by atoms with Crippen LogP contribution in [0.3, 0.4) is 0 Å². The minimum atomic E-state index is -0.639. The van der Waals surface area contributed by atoms with Gasteiger partial charge in [0.1, 0.15) is 0 Å². The molecule has 0 unspecified atom stereocenters. The molecule has 710 valence electrons. The van der Waals surface area contributed by atoms with E-state index in [1.807, 2.05) is 121 Å². The van der Waals surface area contributed by atoms with Crippen molar-refractivity contribution in [1.82, 2.24) is 54.3 Å². The number of primary amides is 1. The maximum Gasteiger partial charge on any atom is 0.242 e. The van der Waals surface area contributed by atoms with Crippen LogP contribution in [0.2, 0.25) is 0 Å². The third-order valence-electron chi connectivity index (χ3n) is 23.5. The zero-order valence-electron chi connectivity index (χ0n) is 78.8. The number of hydrogen-bond donors (Lipinski definition) is 4. The summed E-state index contributed by atoms with van der Waals surface area (Å²) in [4.78, 5) is 178. The van der Waals surface area contributed by atoms with E-state index < -0.39 is 85.9 Å². The van der Waals surface area contributed by atoms with Crippen molar-refractivity contribution in [2.75, 3.05) is 171 Å². The first-order valence-corrected chi connectivity index (χ1v) is 48.6. The molecule has 7 N–H and O–H groups in total. The summed E-state index contributed by atoms with van der Waals surface area (Å²) in [5.74, 6) is -5.54. The third-order valence-corrected chi connectivity index (χ3v) is 23.5. The summed E-state index contributed by atoms with van der Waals surface area (Å²) in [6, 6.07) is 38.0. The van der Waals surface area contributed by atoms with Gasteiger partial charge in [-0.3, -0.25) is 52.7 Å². The molecule has 26 heteroatoms. The summed E-state index contributed by atoms with van der Waals surface area (Å²) in [6.45, 7) is 6.54. The Hall–Kier alpha value is -9.11. The molecule has 4 aromatic rings. The van der Waals surface area contributed by atoms with Crippen LogP contribution >= 0.6 is 0 Å². The standard InChI is InChI=1S/C101H164N14O12/c1-6-10-14-18-22-26-30-46-65-106(77-91(104)116)93(118)78-107(66-47-31-27-23-19-15-11-7-2)94(119)79-108(67-48-32-28-24-20-16-12-8-3)95(120)80-109(68-49-33-29-25-21-17-13-9-4)96(121)81-110(69-58-87-50-38-34-39-51-87)97(122)83-112(71-60-89-54-42-36-43-55-89)100(125)86-115(74-63-103)101(126)84-113(72-61-90-56-44-37-45-57-90)98(123)82-111(70-59-88-52-40-35-41-53-88)99(124)85-114(73-62-102)92(117)76-105-64-75-127-5/h34-45,50-57,105H,6-33,46-49,58-86,102-103H2,1-5H3,(H2,104,116). The van der Waals surface area contributed by atoms with Crippen LogP contribution < -0.4 is 22.5 Å². The lowest BCUT2D eigenvalue weighted by Gasteiger charge is -2.33. The molecular weight excluding hydrogens is 1600 g/mol. The monoisotopic (exact) mass is 1770 g/mol. The number of nitrogens with two attached hydrogens (primary N) is 3. The van der Waals surface area contributed by atoms with E-state index in [1.165, 1.54) is 58.5 Å². The van der Waals surface area contributed by atoms with Crippen LogP contribution in [-0.4, -0.2) is 285 Å². The molecule has 26 nitrogen and oxygen atoms in total. The number of methoxy groups -OCH3 is 1. The fourth-order valence-electron chi connectivity index (χ4n) is 15.7. The maximum absolute atomic E-state index is 15.7. The molecule has 0 aromatic heterocycles. The van der Waals surface area contributed by atoms with E-state index in [9.17, 15) is 19.2 Å². The number of carbonyl (C=O) groups excluding carboxylic acids is 11. The van der Waals surface area contributed by atoms with Crippen LogP contribution in [0.25, 0.3) is 0 Å². The summed E-state index contributed by atoms with van der Waals surface area (Å²) in [5.41, 5.74) is 21.7. The first kappa shape index (κ1) is 110. The Kier molecular flexibility index (Phi) is 61.5. The van der Waals surface area contributed by atoms with Gasteiger partial charge in [-0.15, -0.1) is 0 Å². The Morgan fingerprint density at radius 3 is 0.646 bits per heavy atom. The SMILES string of the molecule is CCCCCCCCCCN(CC(N)=O)C(=O)CN(CCCCCCCCCC)C(=O)CN(CCCCCCCCCC)C(=O)CN(CCCCCCCCCC)C(=O)CN(CCc1ccccc1)C(=O)CN(CCc1ccccc1)C(=O)CN(CCN)C(=O)CN(CCc1ccccc1)C(=O)CN(CCc1ccccc1)C(=O)CN(CCN)C(=O)CNCCOC. The third kappa shape index (κ3) is 50.4. The van der Waals surface area contributed by atoms with Crippen molar-refractivity contribution in [2.45, 2.75) is 259 Å². The highest BCUT2D eigenvalue weighted by Gasteiger charge is 2.33. The second kappa shape index (κ2) is 70.8. The molecule has 0 saturated carbocycles. The second-order valence-electron chi connectivity index (χ2n) is 34.2. The van der Waals surface area contributed by atoms with Gasteiger partial charge in [0.05, 0.1) is 78.6 Å². The lowest BCUT2D eigenvalue weighted by atomic mass is 10.1. The number of hydrogen-bond acceptors (Lipinski definition) is 15. The minimum Gasteiger partial charge on any atom is -0.383 e. The van der Waals surface area contributed by atoms with Crippen molar-refractivity contribution in [3.63, 3.8) is 0 Å². The Balaban J connectivity index is 1.77. The number of nitrogens with one attached hydrogen (secondary N) is 1. The molecule has 11 amide bonds. The molecule has 127 heavy (non-hydrogen) atoms. The molecule has 0 aliphatic heterocycles. The predicted octanol–water partition coefficient (Wildman–Crippen LogP) is 12.4. The molecular formula is C101H164N14O12. The van der Waals surface area contributed by atoms with E-state index in [2.05, 4.69) is 33.0 Å². The topological polar surface area (TPSA) is 319 Å². The Morgan fingerprint density at radius 1 is 0.252 bits per heavy atom. The average molecular weight is 1770 g/mol.